The lowest BCUT2D eigenvalue weighted by Gasteiger charge is -2.26. The van der Waals surface area contributed by atoms with Gasteiger partial charge in [-0.2, -0.15) is 0 Å². The third kappa shape index (κ3) is 3.98. The third-order valence-corrected chi connectivity index (χ3v) is 3.70. The highest BCUT2D eigenvalue weighted by Crippen LogP contribution is 2.16. The molecule has 1 amide bonds. The first-order chi connectivity index (χ1) is 9.97. The first kappa shape index (κ1) is 15.4. The first-order valence-corrected chi connectivity index (χ1v) is 7.08. The van der Waals surface area contributed by atoms with E-state index in [-0.39, 0.29) is 29.9 Å². The van der Waals surface area contributed by atoms with E-state index in [2.05, 4.69) is 10.6 Å². The molecule has 0 saturated heterocycles. The summed E-state index contributed by atoms with van der Waals surface area (Å²) in [7, 11) is 0. The number of benzene rings is 1. The molecule has 0 radical (unpaired) electrons. The van der Waals surface area contributed by atoms with Crippen LogP contribution in [0.25, 0.3) is 0 Å². The monoisotopic (exact) mass is 288 g/mol. The molecular weight excluding hydrogens is 268 g/mol. The molecule has 0 saturated carbocycles. The third-order valence-electron chi connectivity index (χ3n) is 3.70. The molecule has 1 aliphatic heterocycles. The Morgan fingerprint density at radius 3 is 2.52 bits per heavy atom. The molecule has 2 rings (SSSR count). The van der Waals surface area contributed by atoms with Crippen molar-refractivity contribution < 1.29 is 14.4 Å². The van der Waals surface area contributed by atoms with Crippen LogP contribution in [0.3, 0.4) is 0 Å². The summed E-state index contributed by atoms with van der Waals surface area (Å²) in [6.07, 6.45) is 0.636. The number of carbonyl (C=O) groups excluding carboxylic acids is 3. The van der Waals surface area contributed by atoms with Crippen molar-refractivity contribution in [1.82, 2.24) is 10.6 Å². The SMILES string of the molecule is CC(=O)C[C@@H](NC(=O)[C@@H]1Cc2ccccc2CN1)C(C)=O. The van der Waals surface area contributed by atoms with E-state index < -0.39 is 6.04 Å². The van der Waals surface area contributed by atoms with Crippen LogP contribution in [0.15, 0.2) is 24.3 Å². The summed E-state index contributed by atoms with van der Waals surface area (Å²) in [6, 6.07) is 6.87. The topological polar surface area (TPSA) is 75.3 Å². The van der Waals surface area contributed by atoms with Crippen molar-refractivity contribution in [2.75, 3.05) is 0 Å². The van der Waals surface area contributed by atoms with E-state index in [1.54, 1.807) is 0 Å². The lowest BCUT2D eigenvalue weighted by atomic mass is 9.95. The highest BCUT2D eigenvalue weighted by molar-refractivity contribution is 5.93. The second kappa shape index (κ2) is 6.63. The minimum Gasteiger partial charge on any atom is -0.344 e. The Morgan fingerprint density at radius 2 is 1.90 bits per heavy atom. The molecule has 1 aromatic rings. The molecular formula is C16H20N2O3. The Labute approximate surface area is 124 Å². The number of hydrogen-bond donors (Lipinski definition) is 2. The van der Waals surface area contributed by atoms with E-state index in [4.69, 9.17) is 0 Å². The van der Waals surface area contributed by atoms with Gasteiger partial charge in [-0.15, -0.1) is 0 Å². The Balaban J connectivity index is 2.01. The number of rotatable bonds is 5. The molecule has 1 aliphatic rings. The zero-order valence-corrected chi connectivity index (χ0v) is 12.3. The first-order valence-electron chi connectivity index (χ1n) is 7.08. The van der Waals surface area contributed by atoms with Gasteiger partial charge in [-0.05, 0) is 31.4 Å². The maximum Gasteiger partial charge on any atom is 0.238 e. The number of nitrogens with one attached hydrogen (secondary N) is 2. The van der Waals surface area contributed by atoms with Crippen LogP contribution in [0.1, 0.15) is 31.4 Å². The summed E-state index contributed by atoms with van der Waals surface area (Å²) in [5, 5.41) is 5.84. The minimum absolute atomic E-state index is 0.0460. The highest BCUT2D eigenvalue weighted by atomic mass is 16.2. The van der Waals surface area contributed by atoms with Crippen LogP contribution < -0.4 is 10.6 Å². The molecule has 5 heteroatoms. The van der Waals surface area contributed by atoms with Crippen molar-refractivity contribution in [2.24, 2.45) is 0 Å². The Morgan fingerprint density at radius 1 is 1.24 bits per heavy atom. The van der Waals surface area contributed by atoms with Crippen LogP contribution in [-0.2, 0) is 27.3 Å². The van der Waals surface area contributed by atoms with Crippen molar-refractivity contribution in [1.29, 1.82) is 0 Å². The zero-order chi connectivity index (χ0) is 15.4. The van der Waals surface area contributed by atoms with E-state index in [1.807, 2.05) is 24.3 Å². The van der Waals surface area contributed by atoms with E-state index >= 15 is 0 Å². The van der Waals surface area contributed by atoms with Gasteiger partial charge in [-0.25, -0.2) is 0 Å². The Kier molecular flexibility index (Phi) is 4.85. The average Bonchev–Trinajstić information content (AvgIpc) is 2.45. The second-order valence-corrected chi connectivity index (χ2v) is 5.48. The molecule has 0 spiro atoms. The molecule has 1 aromatic carbocycles. The van der Waals surface area contributed by atoms with Crippen LogP contribution in [0, 0.1) is 0 Å². The average molecular weight is 288 g/mol. The zero-order valence-electron chi connectivity index (χ0n) is 12.3. The molecule has 2 atom stereocenters. The number of hydrogen-bond acceptors (Lipinski definition) is 4. The number of ketones is 2. The molecule has 0 bridgehead atoms. The van der Waals surface area contributed by atoms with Gasteiger partial charge >= 0.3 is 0 Å². The van der Waals surface area contributed by atoms with Crippen LogP contribution in [0.2, 0.25) is 0 Å². The molecule has 21 heavy (non-hydrogen) atoms. The van der Waals surface area contributed by atoms with Crippen LogP contribution >= 0.6 is 0 Å². The van der Waals surface area contributed by atoms with Gasteiger partial charge in [-0.3, -0.25) is 14.4 Å². The lowest BCUT2D eigenvalue weighted by Crippen LogP contribution is -2.52. The predicted octanol–water partition coefficient (Wildman–Crippen LogP) is 0.754. The maximum absolute atomic E-state index is 12.3. The van der Waals surface area contributed by atoms with Gasteiger partial charge in [0, 0.05) is 13.0 Å². The van der Waals surface area contributed by atoms with Gasteiger partial charge in [0.2, 0.25) is 5.91 Å². The predicted molar refractivity (Wildman–Crippen MR) is 78.7 cm³/mol. The van der Waals surface area contributed by atoms with E-state index in [0.717, 1.165) is 5.56 Å². The van der Waals surface area contributed by atoms with Gasteiger partial charge in [0.25, 0.3) is 0 Å². The molecule has 2 N–H and O–H groups in total. The van der Waals surface area contributed by atoms with Crippen molar-refractivity contribution >= 4 is 17.5 Å². The van der Waals surface area contributed by atoms with Crippen LogP contribution in [-0.4, -0.2) is 29.6 Å². The summed E-state index contributed by atoms with van der Waals surface area (Å²) >= 11 is 0. The standard InChI is InChI=1S/C16H20N2O3/c1-10(19)7-14(11(2)20)18-16(21)15-8-12-5-3-4-6-13(12)9-17-15/h3-6,14-15,17H,7-9H2,1-2H3,(H,18,21)/t14-,15+/m1/s1. The molecule has 1 heterocycles. The van der Waals surface area contributed by atoms with Gasteiger partial charge in [0.1, 0.15) is 5.78 Å². The van der Waals surface area contributed by atoms with E-state index in [1.165, 1.54) is 19.4 Å². The summed E-state index contributed by atoms with van der Waals surface area (Å²) < 4.78 is 0. The van der Waals surface area contributed by atoms with Crippen molar-refractivity contribution in [3.05, 3.63) is 35.4 Å². The van der Waals surface area contributed by atoms with Crippen LogP contribution in [0.4, 0.5) is 0 Å². The Bertz CT molecular complexity index is 568. The lowest BCUT2D eigenvalue weighted by molar-refractivity contribution is -0.130. The van der Waals surface area contributed by atoms with Crippen molar-refractivity contribution in [3.8, 4) is 0 Å². The molecule has 112 valence electrons. The summed E-state index contributed by atoms with van der Waals surface area (Å²) in [4.78, 5) is 34.9. The fraction of sp³-hybridized carbons (Fsp3) is 0.438. The number of fused-ring (bicyclic) bond motifs is 1. The molecule has 0 aromatic heterocycles. The summed E-state index contributed by atoms with van der Waals surface area (Å²) in [6.45, 7) is 3.43. The molecule has 0 aliphatic carbocycles. The Hall–Kier alpha value is -2.01. The van der Waals surface area contributed by atoms with E-state index in [9.17, 15) is 14.4 Å². The fourth-order valence-electron chi connectivity index (χ4n) is 2.50. The number of Topliss-reactive ketones (excluding diaryl/α,β-unsaturated/α-hetero) is 2. The van der Waals surface area contributed by atoms with Gasteiger partial charge in [-0.1, -0.05) is 24.3 Å². The number of amides is 1. The minimum atomic E-state index is -0.728. The van der Waals surface area contributed by atoms with Gasteiger partial charge < -0.3 is 10.6 Å². The second-order valence-electron chi connectivity index (χ2n) is 5.48. The quantitative estimate of drug-likeness (QED) is 0.838. The van der Waals surface area contributed by atoms with Gasteiger partial charge in [0.05, 0.1) is 12.1 Å². The van der Waals surface area contributed by atoms with Crippen molar-refractivity contribution in [2.45, 2.75) is 45.3 Å². The largest absolute Gasteiger partial charge is 0.344 e. The molecule has 5 nitrogen and oxygen atoms in total. The maximum atomic E-state index is 12.3. The molecule has 0 fully saturated rings. The highest BCUT2D eigenvalue weighted by Gasteiger charge is 2.27. The van der Waals surface area contributed by atoms with Crippen molar-refractivity contribution in [3.63, 3.8) is 0 Å². The normalized spacial score (nSPS) is 18.5. The van der Waals surface area contributed by atoms with Crippen LogP contribution in [0.5, 0.6) is 0 Å². The summed E-state index contributed by atoms with van der Waals surface area (Å²) in [5.41, 5.74) is 2.33. The number of carbonyl (C=O) groups is 3. The summed E-state index contributed by atoms with van der Waals surface area (Å²) in [5.74, 6) is -0.543. The van der Waals surface area contributed by atoms with E-state index in [0.29, 0.717) is 13.0 Å². The smallest absolute Gasteiger partial charge is 0.238 e. The fourth-order valence-corrected chi connectivity index (χ4v) is 2.50. The van der Waals surface area contributed by atoms with Gasteiger partial charge in [0.15, 0.2) is 5.78 Å². The molecule has 0 unspecified atom stereocenters.